The van der Waals surface area contributed by atoms with Gasteiger partial charge in [-0.1, -0.05) is 12.1 Å². The highest BCUT2D eigenvalue weighted by atomic mass is 32.2. The molecule has 0 heterocycles. The van der Waals surface area contributed by atoms with E-state index in [4.69, 9.17) is 10.00 Å². The molecule has 0 saturated heterocycles. The number of hydrogen-bond acceptors (Lipinski definition) is 5. The molecule has 3 aromatic carbocycles. The zero-order valence-electron chi connectivity index (χ0n) is 17.0. The number of sulfonamides is 1. The average Bonchev–Trinajstić information content (AvgIpc) is 2.79. The lowest BCUT2D eigenvalue weighted by molar-refractivity contribution is 0.0940. The van der Waals surface area contributed by atoms with Gasteiger partial charge in [-0.15, -0.1) is 0 Å². The van der Waals surface area contributed by atoms with E-state index in [9.17, 15) is 13.2 Å². The van der Waals surface area contributed by atoms with E-state index in [2.05, 4.69) is 16.1 Å². The van der Waals surface area contributed by atoms with Crippen LogP contribution in [-0.4, -0.2) is 21.4 Å². The summed E-state index contributed by atoms with van der Waals surface area (Å²) in [6.45, 7) is 1.83. The molecule has 0 aliphatic rings. The SMILES string of the molecule is COc1ccc(NS(=O)(=O)c2ccc(C(=O)NC(C)c3ccc(C#N)cc3)cc2)cc1. The zero-order chi connectivity index (χ0) is 22.4. The molecule has 7 nitrogen and oxygen atoms in total. The van der Waals surface area contributed by atoms with Crippen LogP contribution in [-0.2, 0) is 10.0 Å². The summed E-state index contributed by atoms with van der Waals surface area (Å²) in [6, 6.07) is 20.9. The molecule has 0 aliphatic carbocycles. The second kappa shape index (κ2) is 9.32. The second-order valence-corrected chi connectivity index (χ2v) is 8.47. The Kier molecular flexibility index (Phi) is 6.58. The van der Waals surface area contributed by atoms with Gasteiger partial charge in [-0.05, 0) is 73.2 Å². The monoisotopic (exact) mass is 435 g/mol. The van der Waals surface area contributed by atoms with Crippen molar-refractivity contribution in [3.8, 4) is 11.8 Å². The maximum atomic E-state index is 12.6. The Morgan fingerprint density at radius 1 is 0.968 bits per heavy atom. The van der Waals surface area contributed by atoms with Crippen molar-refractivity contribution in [1.29, 1.82) is 5.26 Å². The summed E-state index contributed by atoms with van der Waals surface area (Å²) in [5, 5.41) is 11.7. The van der Waals surface area contributed by atoms with Crippen LogP contribution in [0.4, 0.5) is 5.69 Å². The van der Waals surface area contributed by atoms with Crippen LogP contribution < -0.4 is 14.8 Å². The van der Waals surface area contributed by atoms with Gasteiger partial charge in [-0.2, -0.15) is 5.26 Å². The Morgan fingerprint density at radius 3 is 2.13 bits per heavy atom. The lowest BCUT2D eigenvalue weighted by Gasteiger charge is -2.15. The summed E-state index contributed by atoms with van der Waals surface area (Å²) in [5.41, 5.74) is 2.14. The third kappa shape index (κ3) is 5.41. The van der Waals surface area contributed by atoms with Crippen LogP contribution in [0.1, 0.15) is 34.5 Å². The minimum atomic E-state index is -3.80. The van der Waals surface area contributed by atoms with Crippen molar-refractivity contribution in [2.24, 2.45) is 0 Å². The lowest BCUT2D eigenvalue weighted by atomic mass is 10.1. The number of carbonyl (C=O) groups is 1. The number of nitrogens with one attached hydrogen (secondary N) is 2. The van der Waals surface area contributed by atoms with Gasteiger partial charge in [0.15, 0.2) is 0 Å². The summed E-state index contributed by atoms with van der Waals surface area (Å²) >= 11 is 0. The molecule has 3 rings (SSSR count). The van der Waals surface area contributed by atoms with E-state index in [0.29, 0.717) is 22.6 Å². The Morgan fingerprint density at radius 2 is 1.58 bits per heavy atom. The topological polar surface area (TPSA) is 108 Å². The molecule has 0 fully saturated rings. The minimum Gasteiger partial charge on any atom is -0.497 e. The van der Waals surface area contributed by atoms with Gasteiger partial charge in [-0.3, -0.25) is 9.52 Å². The predicted octanol–water partition coefficient (Wildman–Crippen LogP) is 3.86. The molecule has 1 unspecified atom stereocenters. The number of rotatable bonds is 7. The summed E-state index contributed by atoms with van der Waals surface area (Å²) in [7, 11) is -2.27. The van der Waals surface area contributed by atoms with Gasteiger partial charge in [0.05, 0.1) is 29.7 Å². The molecular formula is C23H21N3O4S. The fourth-order valence-electron chi connectivity index (χ4n) is 2.87. The van der Waals surface area contributed by atoms with Crippen LogP contribution in [0.15, 0.2) is 77.7 Å². The summed E-state index contributed by atoms with van der Waals surface area (Å²) in [5.74, 6) is 0.289. The van der Waals surface area contributed by atoms with Crippen molar-refractivity contribution >= 4 is 21.6 Å². The largest absolute Gasteiger partial charge is 0.497 e. The van der Waals surface area contributed by atoms with Crippen molar-refractivity contribution < 1.29 is 17.9 Å². The van der Waals surface area contributed by atoms with Gasteiger partial charge in [0.1, 0.15) is 5.75 Å². The van der Waals surface area contributed by atoms with Gasteiger partial charge in [0, 0.05) is 11.3 Å². The molecule has 1 atom stereocenters. The molecule has 3 aromatic rings. The smallest absolute Gasteiger partial charge is 0.261 e. The average molecular weight is 436 g/mol. The van der Waals surface area contributed by atoms with Crippen LogP contribution >= 0.6 is 0 Å². The number of hydrogen-bond donors (Lipinski definition) is 2. The van der Waals surface area contributed by atoms with Gasteiger partial charge in [0.25, 0.3) is 15.9 Å². The first-order valence-electron chi connectivity index (χ1n) is 9.40. The number of methoxy groups -OCH3 is 1. The normalized spacial score (nSPS) is 11.8. The lowest BCUT2D eigenvalue weighted by Crippen LogP contribution is -2.26. The molecule has 8 heteroatoms. The van der Waals surface area contributed by atoms with E-state index in [1.165, 1.54) is 31.4 Å². The number of nitriles is 1. The van der Waals surface area contributed by atoms with Crippen molar-refractivity contribution in [3.63, 3.8) is 0 Å². The summed E-state index contributed by atoms with van der Waals surface area (Å²) < 4.78 is 32.7. The van der Waals surface area contributed by atoms with E-state index >= 15 is 0 Å². The molecule has 0 radical (unpaired) electrons. The quantitative estimate of drug-likeness (QED) is 0.586. The first-order valence-corrected chi connectivity index (χ1v) is 10.9. The number of ether oxygens (including phenoxy) is 1. The van der Waals surface area contributed by atoms with Crippen LogP contribution in [0.3, 0.4) is 0 Å². The number of amides is 1. The van der Waals surface area contributed by atoms with E-state index < -0.39 is 10.0 Å². The summed E-state index contributed by atoms with van der Waals surface area (Å²) in [4.78, 5) is 12.6. The van der Waals surface area contributed by atoms with Crippen LogP contribution in [0.2, 0.25) is 0 Å². The fourth-order valence-corrected chi connectivity index (χ4v) is 3.93. The van der Waals surface area contributed by atoms with Crippen LogP contribution in [0.25, 0.3) is 0 Å². The standard InChI is InChI=1S/C23H21N3O4S/c1-16(18-5-3-17(15-24)4-6-18)25-23(27)19-7-13-22(14-8-19)31(28,29)26-20-9-11-21(30-2)12-10-20/h3-14,16,26H,1-2H3,(H,25,27). The van der Waals surface area contributed by atoms with Crippen molar-refractivity contribution in [2.45, 2.75) is 17.9 Å². The first-order chi connectivity index (χ1) is 14.8. The van der Waals surface area contributed by atoms with Gasteiger partial charge in [0.2, 0.25) is 0 Å². The summed E-state index contributed by atoms with van der Waals surface area (Å²) in [6.07, 6.45) is 0. The van der Waals surface area contributed by atoms with Gasteiger partial charge in [-0.25, -0.2) is 8.42 Å². The van der Waals surface area contributed by atoms with Crippen molar-refractivity contribution in [2.75, 3.05) is 11.8 Å². The van der Waals surface area contributed by atoms with Gasteiger partial charge < -0.3 is 10.1 Å². The maximum absolute atomic E-state index is 12.6. The molecule has 158 valence electrons. The van der Waals surface area contributed by atoms with E-state index in [1.54, 1.807) is 48.5 Å². The maximum Gasteiger partial charge on any atom is 0.261 e. The van der Waals surface area contributed by atoms with Crippen molar-refractivity contribution in [3.05, 3.63) is 89.5 Å². The number of nitrogens with zero attached hydrogens (tertiary/aromatic N) is 1. The highest BCUT2D eigenvalue weighted by molar-refractivity contribution is 7.92. The molecular weight excluding hydrogens is 414 g/mol. The van der Waals surface area contributed by atoms with E-state index in [-0.39, 0.29) is 16.8 Å². The van der Waals surface area contributed by atoms with Crippen LogP contribution in [0, 0.1) is 11.3 Å². The highest BCUT2D eigenvalue weighted by Gasteiger charge is 2.16. The molecule has 0 aliphatic heterocycles. The third-order valence-corrected chi connectivity index (χ3v) is 6.05. The zero-order valence-corrected chi connectivity index (χ0v) is 17.8. The number of benzene rings is 3. The Labute approximate surface area is 181 Å². The molecule has 0 aromatic heterocycles. The molecule has 31 heavy (non-hydrogen) atoms. The first kappa shape index (κ1) is 21.9. The molecule has 1 amide bonds. The third-order valence-electron chi connectivity index (χ3n) is 4.66. The van der Waals surface area contributed by atoms with Gasteiger partial charge >= 0.3 is 0 Å². The van der Waals surface area contributed by atoms with Crippen LogP contribution in [0.5, 0.6) is 5.75 Å². The molecule has 0 spiro atoms. The fraction of sp³-hybridized carbons (Fsp3) is 0.130. The van der Waals surface area contributed by atoms with E-state index in [0.717, 1.165) is 5.56 Å². The second-order valence-electron chi connectivity index (χ2n) is 6.79. The number of anilines is 1. The number of carbonyl (C=O) groups excluding carboxylic acids is 1. The highest BCUT2D eigenvalue weighted by Crippen LogP contribution is 2.20. The minimum absolute atomic E-state index is 0.0417. The molecule has 0 saturated carbocycles. The Hall–Kier alpha value is -3.83. The Balaban J connectivity index is 1.67. The predicted molar refractivity (Wildman–Crippen MR) is 117 cm³/mol. The van der Waals surface area contributed by atoms with E-state index in [1.807, 2.05) is 6.92 Å². The molecule has 2 N–H and O–H groups in total. The molecule has 0 bridgehead atoms. The van der Waals surface area contributed by atoms with Crippen molar-refractivity contribution in [1.82, 2.24) is 5.32 Å². The Bertz CT molecular complexity index is 1200.